The van der Waals surface area contributed by atoms with Crippen LogP contribution in [-0.4, -0.2) is 12.0 Å². The minimum Gasteiger partial charge on any atom is -0.378 e. The Labute approximate surface area is 166 Å². The molecule has 1 atom stereocenters. The molecule has 1 unspecified atom stereocenters. The van der Waals surface area contributed by atoms with Crippen LogP contribution in [0.15, 0.2) is 83.8 Å². The summed E-state index contributed by atoms with van der Waals surface area (Å²) in [5, 5.41) is 3.53. The summed E-state index contributed by atoms with van der Waals surface area (Å²) in [5.41, 5.74) is 4.16. The number of thioether (sulfide) groups is 1. The van der Waals surface area contributed by atoms with Gasteiger partial charge >= 0.3 is 0 Å². The van der Waals surface area contributed by atoms with Crippen molar-refractivity contribution in [1.29, 1.82) is 0 Å². The van der Waals surface area contributed by atoms with Crippen molar-refractivity contribution in [2.24, 2.45) is 0 Å². The first-order chi connectivity index (χ1) is 13.2. The lowest BCUT2D eigenvalue weighted by Gasteiger charge is -2.20. The maximum absolute atomic E-state index is 12.9. The second-order valence-electron chi connectivity index (χ2n) is 6.51. The number of rotatable bonds is 8. The molecular weight excluding hydrogens is 350 g/mol. The standard InChI is InChI=1S/C24H25NOS/c1-3-18-9-11-20(12-10-18)24(26)17-23(25-21-7-5-4-6-8-21)19-13-15-22(27-2)16-14-19/h4-16,23,25H,3,17H2,1-2H3. The van der Waals surface area contributed by atoms with E-state index in [9.17, 15) is 4.79 Å². The van der Waals surface area contributed by atoms with Gasteiger partial charge in [-0.2, -0.15) is 0 Å². The number of Topliss-reactive ketones (excluding diaryl/α,β-unsaturated/α-hetero) is 1. The third kappa shape index (κ3) is 5.24. The van der Waals surface area contributed by atoms with E-state index in [1.165, 1.54) is 10.5 Å². The van der Waals surface area contributed by atoms with E-state index in [1.54, 1.807) is 11.8 Å². The van der Waals surface area contributed by atoms with E-state index in [4.69, 9.17) is 0 Å². The van der Waals surface area contributed by atoms with Gasteiger partial charge in [0.25, 0.3) is 0 Å². The lowest BCUT2D eigenvalue weighted by molar-refractivity contribution is 0.0976. The molecule has 27 heavy (non-hydrogen) atoms. The summed E-state index contributed by atoms with van der Waals surface area (Å²) in [6, 6.07) is 26.4. The molecular formula is C24H25NOS. The second kappa shape index (κ2) is 9.43. The minimum absolute atomic E-state index is 0.0679. The molecule has 0 aliphatic heterocycles. The van der Waals surface area contributed by atoms with Gasteiger partial charge in [-0.3, -0.25) is 4.79 Å². The predicted octanol–water partition coefficient (Wildman–Crippen LogP) is 6.40. The van der Waals surface area contributed by atoms with Gasteiger partial charge in [0, 0.05) is 22.6 Å². The van der Waals surface area contributed by atoms with E-state index >= 15 is 0 Å². The van der Waals surface area contributed by atoms with Crippen molar-refractivity contribution in [1.82, 2.24) is 0 Å². The highest BCUT2D eigenvalue weighted by Crippen LogP contribution is 2.26. The van der Waals surface area contributed by atoms with Gasteiger partial charge in [-0.25, -0.2) is 0 Å². The number of hydrogen-bond acceptors (Lipinski definition) is 3. The number of carbonyl (C=O) groups is 1. The van der Waals surface area contributed by atoms with Crippen LogP contribution in [0.4, 0.5) is 5.69 Å². The molecule has 0 amide bonds. The Morgan fingerprint density at radius 2 is 1.59 bits per heavy atom. The highest BCUT2D eigenvalue weighted by atomic mass is 32.2. The third-order valence-electron chi connectivity index (χ3n) is 4.71. The number of anilines is 1. The fourth-order valence-corrected chi connectivity index (χ4v) is 3.46. The summed E-state index contributed by atoms with van der Waals surface area (Å²) in [4.78, 5) is 14.1. The van der Waals surface area contributed by atoms with E-state index < -0.39 is 0 Å². The molecule has 0 aliphatic carbocycles. The van der Waals surface area contributed by atoms with Crippen LogP contribution < -0.4 is 5.32 Å². The van der Waals surface area contributed by atoms with Crippen molar-refractivity contribution in [3.05, 3.63) is 95.6 Å². The minimum atomic E-state index is -0.0679. The van der Waals surface area contributed by atoms with Crippen molar-refractivity contribution in [3.8, 4) is 0 Å². The van der Waals surface area contributed by atoms with E-state index in [-0.39, 0.29) is 11.8 Å². The highest BCUT2D eigenvalue weighted by molar-refractivity contribution is 7.98. The second-order valence-corrected chi connectivity index (χ2v) is 7.39. The van der Waals surface area contributed by atoms with Crippen molar-refractivity contribution < 1.29 is 4.79 Å². The van der Waals surface area contributed by atoms with E-state index in [0.717, 1.165) is 23.2 Å². The summed E-state index contributed by atoms with van der Waals surface area (Å²) in [6.45, 7) is 2.12. The van der Waals surface area contributed by atoms with Crippen LogP contribution in [0.2, 0.25) is 0 Å². The third-order valence-corrected chi connectivity index (χ3v) is 5.45. The van der Waals surface area contributed by atoms with Gasteiger partial charge in [-0.15, -0.1) is 11.8 Å². The summed E-state index contributed by atoms with van der Waals surface area (Å²) in [7, 11) is 0. The molecule has 0 bridgehead atoms. The molecule has 3 heteroatoms. The lowest BCUT2D eigenvalue weighted by atomic mass is 9.97. The quantitative estimate of drug-likeness (QED) is 0.365. The normalized spacial score (nSPS) is 11.8. The summed E-state index contributed by atoms with van der Waals surface area (Å²) in [6.07, 6.45) is 3.46. The Hall–Kier alpha value is -2.52. The van der Waals surface area contributed by atoms with Gasteiger partial charge in [0.05, 0.1) is 6.04 Å². The van der Waals surface area contributed by atoms with Crippen LogP contribution in [0.25, 0.3) is 0 Å². The molecule has 0 saturated carbocycles. The van der Waals surface area contributed by atoms with Crippen molar-refractivity contribution in [3.63, 3.8) is 0 Å². The van der Waals surface area contributed by atoms with Crippen molar-refractivity contribution >= 4 is 23.2 Å². The monoisotopic (exact) mass is 375 g/mol. The van der Waals surface area contributed by atoms with Crippen molar-refractivity contribution in [2.45, 2.75) is 30.7 Å². The van der Waals surface area contributed by atoms with Crippen LogP contribution in [0.5, 0.6) is 0 Å². The zero-order chi connectivity index (χ0) is 19.1. The number of carbonyl (C=O) groups excluding carboxylic acids is 1. The van der Waals surface area contributed by atoms with Crippen LogP contribution in [-0.2, 0) is 6.42 Å². The average Bonchev–Trinajstić information content (AvgIpc) is 2.74. The van der Waals surface area contributed by atoms with Gasteiger partial charge in [0.15, 0.2) is 5.78 Å². The summed E-state index contributed by atoms with van der Waals surface area (Å²) >= 11 is 1.72. The smallest absolute Gasteiger partial charge is 0.165 e. The average molecular weight is 376 g/mol. The molecule has 3 rings (SSSR count). The lowest BCUT2D eigenvalue weighted by Crippen LogP contribution is -2.16. The van der Waals surface area contributed by atoms with Gasteiger partial charge < -0.3 is 5.32 Å². The molecule has 1 N–H and O–H groups in total. The van der Waals surface area contributed by atoms with Gasteiger partial charge in [-0.1, -0.05) is 61.5 Å². The van der Waals surface area contributed by atoms with Gasteiger partial charge in [0.1, 0.15) is 0 Å². The Kier molecular flexibility index (Phi) is 6.72. The van der Waals surface area contributed by atoms with Crippen LogP contribution in [0.1, 0.15) is 40.9 Å². The van der Waals surface area contributed by atoms with Crippen LogP contribution in [0, 0.1) is 0 Å². The summed E-state index contributed by atoms with van der Waals surface area (Å²) in [5.74, 6) is 0.153. The Morgan fingerprint density at radius 3 is 2.19 bits per heavy atom. The molecule has 0 aromatic heterocycles. The number of benzene rings is 3. The molecule has 0 spiro atoms. The Morgan fingerprint density at radius 1 is 0.926 bits per heavy atom. The molecule has 2 nitrogen and oxygen atoms in total. The van der Waals surface area contributed by atoms with Gasteiger partial charge in [-0.05, 0) is 48.1 Å². The molecule has 0 saturated heterocycles. The first kappa shape index (κ1) is 19.2. The van der Waals surface area contributed by atoms with E-state index in [2.05, 4.69) is 42.8 Å². The molecule has 0 radical (unpaired) electrons. The number of nitrogens with one attached hydrogen (secondary N) is 1. The molecule has 138 valence electrons. The SMILES string of the molecule is CCc1ccc(C(=O)CC(Nc2ccccc2)c2ccc(SC)cc2)cc1. The number of para-hydroxylation sites is 1. The molecule has 0 fully saturated rings. The van der Waals surface area contributed by atoms with Crippen LogP contribution >= 0.6 is 11.8 Å². The number of ketones is 1. The van der Waals surface area contributed by atoms with E-state index in [1.807, 2.05) is 54.6 Å². The fraction of sp³-hybridized carbons (Fsp3) is 0.208. The van der Waals surface area contributed by atoms with Gasteiger partial charge in [0.2, 0.25) is 0 Å². The molecule has 3 aromatic rings. The van der Waals surface area contributed by atoms with Crippen molar-refractivity contribution in [2.75, 3.05) is 11.6 Å². The molecule has 3 aromatic carbocycles. The predicted molar refractivity (Wildman–Crippen MR) is 116 cm³/mol. The topological polar surface area (TPSA) is 29.1 Å². The first-order valence-corrected chi connectivity index (χ1v) is 10.5. The number of aryl methyl sites for hydroxylation is 1. The summed E-state index contributed by atoms with van der Waals surface area (Å²) < 4.78 is 0. The highest BCUT2D eigenvalue weighted by Gasteiger charge is 2.17. The Bertz CT molecular complexity index is 857. The first-order valence-electron chi connectivity index (χ1n) is 9.27. The Balaban J connectivity index is 1.82. The maximum Gasteiger partial charge on any atom is 0.165 e. The zero-order valence-electron chi connectivity index (χ0n) is 15.8. The maximum atomic E-state index is 12.9. The van der Waals surface area contributed by atoms with Crippen LogP contribution in [0.3, 0.4) is 0 Å². The fourth-order valence-electron chi connectivity index (χ4n) is 3.05. The molecule has 0 heterocycles. The largest absolute Gasteiger partial charge is 0.378 e. The number of hydrogen-bond donors (Lipinski definition) is 1. The zero-order valence-corrected chi connectivity index (χ0v) is 16.6. The molecule has 0 aliphatic rings. The van der Waals surface area contributed by atoms with E-state index in [0.29, 0.717) is 6.42 Å².